The normalized spacial score (nSPS) is 13.1. The summed E-state index contributed by atoms with van der Waals surface area (Å²) in [5, 5.41) is 0. The van der Waals surface area contributed by atoms with E-state index in [4.69, 9.17) is 11.6 Å². The minimum absolute atomic E-state index is 0.0373. The maximum Gasteiger partial charge on any atom is 0.281 e. The van der Waals surface area contributed by atoms with E-state index in [0.29, 0.717) is 19.0 Å². The topological polar surface area (TPSA) is 40.6 Å². The van der Waals surface area contributed by atoms with Gasteiger partial charge < -0.3 is 0 Å². The molecule has 0 aliphatic heterocycles. The van der Waals surface area contributed by atoms with Crippen LogP contribution < -0.4 is 0 Å². The van der Waals surface area contributed by atoms with Crippen LogP contribution in [0.15, 0.2) is 0 Å². The fourth-order valence-electron chi connectivity index (χ4n) is 1.13. The molecule has 0 fully saturated rings. The van der Waals surface area contributed by atoms with Crippen LogP contribution in [0.1, 0.15) is 27.2 Å². The van der Waals surface area contributed by atoms with Crippen LogP contribution in [0.5, 0.6) is 0 Å². The van der Waals surface area contributed by atoms with Crippen molar-refractivity contribution in [1.82, 2.24) is 8.61 Å². The summed E-state index contributed by atoms with van der Waals surface area (Å²) in [6, 6.07) is -0.0373. The van der Waals surface area contributed by atoms with Gasteiger partial charge in [-0.15, -0.1) is 11.6 Å². The first-order valence-electron chi connectivity index (χ1n) is 5.17. The zero-order valence-corrected chi connectivity index (χ0v) is 11.5. The number of halogens is 1. The summed E-state index contributed by atoms with van der Waals surface area (Å²) >= 11 is 5.60. The van der Waals surface area contributed by atoms with Crippen molar-refractivity contribution in [2.45, 2.75) is 33.2 Å². The third-order valence-corrected chi connectivity index (χ3v) is 4.56. The standard InChI is InChI=1S/C9H21ClN2O2S/c1-5-7-12(8-6-10)15(13,14)11(4)9(2)3/h9H,5-8H2,1-4H3. The lowest BCUT2D eigenvalue weighted by Crippen LogP contribution is -2.45. The monoisotopic (exact) mass is 256 g/mol. The summed E-state index contributed by atoms with van der Waals surface area (Å²) in [4.78, 5) is 0. The number of alkyl halides is 1. The van der Waals surface area contributed by atoms with Gasteiger partial charge in [-0.25, -0.2) is 0 Å². The lowest BCUT2D eigenvalue weighted by Gasteiger charge is -2.28. The number of hydrogen-bond acceptors (Lipinski definition) is 2. The quantitative estimate of drug-likeness (QED) is 0.648. The first-order valence-corrected chi connectivity index (χ1v) is 7.10. The van der Waals surface area contributed by atoms with E-state index in [-0.39, 0.29) is 6.04 Å². The van der Waals surface area contributed by atoms with Crippen LogP contribution in [-0.2, 0) is 10.2 Å². The van der Waals surface area contributed by atoms with Crippen molar-refractivity contribution in [3.63, 3.8) is 0 Å². The van der Waals surface area contributed by atoms with Gasteiger partial charge in [0.25, 0.3) is 10.2 Å². The fraction of sp³-hybridized carbons (Fsp3) is 1.00. The fourth-order valence-corrected chi connectivity index (χ4v) is 3.07. The van der Waals surface area contributed by atoms with Crippen molar-refractivity contribution in [2.24, 2.45) is 0 Å². The van der Waals surface area contributed by atoms with E-state index in [1.54, 1.807) is 7.05 Å². The average Bonchev–Trinajstić information content (AvgIpc) is 2.16. The Hall–Kier alpha value is 0.160. The van der Waals surface area contributed by atoms with Crippen molar-refractivity contribution < 1.29 is 8.42 Å². The smallest absolute Gasteiger partial charge is 0.195 e. The van der Waals surface area contributed by atoms with E-state index in [1.807, 2.05) is 20.8 Å². The van der Waals surface area contributed by atoms with Gasteiger partial charge in [0.15, 0.2) is 0 Å². The van der Waals surface area contributed by atoms with Gasteiger partial charge in [-0.05, 0) is 20.3 Å². The second-order valence-corrected chi connectivity index (χ2v) is 6.07. The minimum atomic E-state index is -3.34. The molecule has 0 heterocycles. The molecule has 0 unspecified atom stereocenters. The van der Waals surface area contributed by atoms with Crippen LogP contribution in [0.4, 0.5) is 0 Å². The van der Waals surface area contributed by atoms with Gasteiger partial charge >= 0.3 is 0 Å². The van der Waals surface area contributed by atoms with Crippen LogP contribution in [0.3, 0.4) is 0 Å². The molecule has 0 saturated heterocycles. The van der Waals surface area contributed by atoms with Gasteiger partial charge in [-0.2, -0.15) is 17.0 Å². The average molecular weight is 257 g/mol. The molecule has 92 valence electrons. The number of rotatable bonds is 7. The Balaban J connectivity index is 4.78. The Morgan fingerprint density at radius 3 is 2.13 bits per heavy atom. The largest absolute Gasteiger partial charge is 0.281 e. The van der Waals surface area contributed by atoms with Crippen LogP contribution >= 0.6 is 11.6 Å². The molecule has 15 heavy (non-hydrogen) atoms. The molecule has 6 heteroatoms. The second kappa shape index (κ2) is 6.68. The Kier molecular flexibility index (Phi) is 6.75. The molecule has 0 aromatic heterocycles. The van der Waals surface area contributed by atoms with E-state index < -0.39 is 10.2 Å². The Morgan fingerprint density at radius 2 is 1.80 bits per heavy atom. The van der Waals surface area contributed by atoms with E-state index in [1.165, 1.54) is 8.61 Å². The lowest BCUT2D eigenvalue weighted by molar-refractivity contribution is 0.341. The molecule has 0 atom stereocenters. The molecule has 0 amide bonds. The zero-order valence-electron chi connectivity index (χ0n) is 9.90. The molecule has 0 radical (unpaired) electrons. The zero-order chi connectivity index (χ0) is 12.1. The number of nitrogens with zero attached hydrogens (tertiary/aromatic N) is 2. The Labute approximate surface area is 98.4 Å². The summed E-state index contributed by atoms with van der Waals surface area (Å²) in [6.45, 7) is 6.54. The molecule has 0 aliphatic rings. The third-order valence-electron chi connectivity index (χ3n) is 2.22. The summed E-state index contributed by atoms with van der Waals surface area (Å²) < 4.78 is 26.9. The molecule has 0 spiro atoms. The molecular weight excluding hydrogens is 236 g/mol. The molecule has 0 aromatic carbocycles. The Morgan fingerprint density at radius 1 is 1.27 bits per heavy atom. The highest BCUT2D eigenvalue weighted by Crippen LogP contribution is 2.10. The molecule has 0 aliphatic carbocycles. The molecule has 0 aromatic rings. The van der Waals surface area contributed by atoms with Gasteiger partial charge in [-0.3, -0.25) is 0 Å². The van der Waals surface area contributed by atoms with Crippen molar-refractivity contribution in [3.05, 3.63) is 0 Å². The van der Waals surface area contributed by atoms with E-state index >= 15 is 0 Å². The molecule has 0 N–H and O–H groups in total. The summed E-state index contributed by atoms with van der Waals surface area (Å²) in [5.74, 6) is 0.325. The van der Waals surface area contributed by atoms with E-state index in [0.717, 1.165) is 6.42 Å². The molecule has 0 saturated carbocycles. The van der Waals surface area contributed by atoms with E-state index in [9.17, 15) is 8.42 Å². The van der Waals surface area contributed by atoms with Crippen LogP contribution in [0.2, 0.25) is 0 Å². The van der Waals surface area contributed by atoms with Gasteiger partial charge in [0.05, 0.1) is 0 Å². The molecular formula is C9H21ClN2O2S. The summed E-state index contributed by atoms with van der Waals surface area (Å²) in [7, 11) is -1.75. The van der Waals surface area contributed by atoms with Crippen LogP contribution in [0, 0.1) is 0 Å². The Bertz CT molecular complexity index is 261. The van der Waals surface area contributed by atoms with Crippen molar-refractivity contribution >= 4 is 21.8 Å². The maximum absolute atomic E-state index is 12.0. The first kappa shape index (κ1) is 15.2. The molecule has 4 nitrogen and oxygen atoms in total. The van der Waals surface area contributed by atoms with Crippen molar-refractivity contribution in [2.75, 3.05) is 26.0 Å². The first-order chi connectivity index (χ1) is 6.87. The third kappa shape index (κ3) is 4.26. The van der Waals surface area contributed by atoms with Gasteiger partial charge in [0, 0.05) is 32.1 Å². The van der Waals surface area contributed by atoms with Gasteiger partial charge in [0.2, 0.25) is 0 Å². The van der Waals surface area contributed by atoms with Crippen LogP contribution in [0.25, 0.3) is 0 Å². The highest BCUT2D eigenvalue weighted by Gasteiger charge is 2.27. The summed E-state index contributed by atoms with van der Waals surface area (Å²) in [6.07, 6.45) is 0.794. The molecule has 0 rings (SSSR count). The molecule has 0 bridgehead atoms. The van der Waals surface area contributed by atoms with Gasteiger partial charge in [-0.1, -0.05) is 6.92 Å². The maximum atomic E-state index is 12.0. The van der Waals surface area contributed by atoms with Crippen LogP contribution in [-0.4, -0.2) is 49.1 Å². The predicted molar refractivity (Wildman–Crippen MR) is 64.4 cm³/mol. The highest BCUT2D eigenvalue weighted by molar-refractivity contribution is 7.86. The predicted octanol–water partition coefficient (Wildman–Crippen LogP) is 1.52. The SMILES string of the molecule is CCCN(CCCl)S(=O)(=O)N(C)C(C)C. The summed E-state index contributed by atoms with van der Waals surface area (Å²) in [5.41, 5.74) is 0. The second-order valence-electron chi connectivity index (χ2n) is 3.71. The van der Waals surface area contributed by atoms with Crippen molar-refractivity contribution in [3.8, 4) is 0 Å². The van der Waals surface area contributed by atoms with Crippen molar-refractivity contribution in [1.29, 1.82) is 0 Å². The van der Waals surface area contributed by atoms with E-state index in [2.05, 4.69) is 0 Å². The minimum Gasteiger partial charge on any atom is -0.195 e. The lowest BCUT2D eigenvalue weighted by atomic mass is 10.4. The number of hydrogen-bond donors (Lipinski definition) is 0. The van der Waals surface area contributed by atoms with Gasteiger partial charge in [0.1, 0.15) is 0 Å². The highest BCUT2D eigenvalue weighted by atomic mass is 35.5.